The molecule has 0 radical (unpaired) electrons. The molecule has 4 aromatic heterocycles. The van der Waals surface area contributed by atoms with E-state index >= 15 is 0 Å². The Kier molecular flexibility index (Phi) is 4.45. The van der Waals surface area contributed by atoms with E-state index in [1.54, 1.807) is 28.9 Å². The Bertz CT molecular complexity index is 1090. The van der Waals surface area contributed by atoms with Gasteiger partial charge in [0.25, 0.3) is 0 Å². The second-order valence-corrected chi connectivity index (χ2v) is 8.28. The van der Waals surface area contributed by atoms with Crippen molar-refractivity contribution in [3.05, 3.63) is 53.4 Å². The minimum Gasteiger partial charge on any atom is -0.347 e. The van der Waals surface area contributed by atoms with Crippen molar-refractivity contribution in [2.24, 2.45) is 0 Å². The minimum absolute atomic E-state index is 0.393. The molecule has 0 atom stereocenters. The summed E-state index contributed by atoms with van der Waals surface area (Å²) in [6.45, 7) is 3.44. The van der Waals surface area contributed by atoms with Gasteiger partial charge in [0.05, 0.1) is 35.2 Å². The fourth-order valence-corrected chi connectivity index (χ4v) is 5.06. The summed E-state index contributed by atoms with van der Waals surface area (Å²) < 4.78 is 12.8. The van der Waals surface area contributed by atoms with Crippen molar-refractivity contribution in [3.63, 3.8) is 0 Å². The van der Waals surface area contributed by atoms with Crippen LogP contribution < -0.4 is 0 Å². The van der Waals surface area contributed by atoms with Crippen LogP contribution in [-0.4, -0.2) is 28.2 Å². The van der Waals surface area contributed by atoms with E-state index < -0.39 is 6.29 Å². The van der Waals surface area contributed by atoms with Gasteiger partial charge in [0.15, 0.2) is 0 Å². The molecule has 1 saturated heterocycles. The zero-order valence-corrected chi connectivity index (χ0v) is 16.3. The van der Waals surface area contributed by atoms with Crippen molar-refractivity contribution in [1.82, 2.24) is 15.0 Å². The third-order valence-corrected chi connectivity index (χ3v) is 6.54. The molecule has 5 nitrogen and oxygen atoms in total. The van der Waals surface area contributed by atoms with Crippen LogP contribution in [0.15, 0.2) is 42.0 Å². The van der Waals surface area contributed by atoms with Gasteiger partial charge >= 0.3 is 0 Å². The molecule has 27 heavy (non-hydrogen) atoms. The Morgan fingerprint density at radius 1 is 1.15 bits per heavy atom. The first kappa shape index (κ1) is 16.9. The molecule has 0 N–H and O–H groups in total. The van der Waals surface area contributed by atoms with Gasteiger partial charge in [0, 0.05) is 28.0 Å². The van der Waals surface area contributed by atoms with E-state index in [1.807, 2.05) is 25.3 Å². The number of aromatic nitrogens is 3. The quantitative estimate of drug-likeness (QED) is 0.476. The lowest BCUT2D eigenvalue weighted by Crippen LogP contribution is -2.18. The molecule has 0 aliphatic carbocycles. The third kappa shape index (κ3) is 3.17. The average Bonchev–Trinajstić information content (AvgIpc) is 3.35. The van der Waals surface area contributed by atoms with Gasteiger partial charge < -0.3 is 9.47 Å². The number of fused-ring (bicyclic) bond motifs is 1. The van der Waals surface area contributed by atoms with Gasteiger partial charge in [-0.05, 0) is 43.0 Å². The summed E-state index contributed by atoms with van der Waals surface area (Å²) in [6.07, 6.45) is 4.15. The molecule has 7 heteroatoms. The topological polar surface area (TPSA) is 57.1 Å². The van der Waals surface area contributed by atoms with Crippen molar-refractivity contribution >= 4 is 32.8 Å². The zero-order chi connectivity index (χ0) is 18.2. The molecular formula is C20H17N3O2S2. The maximum Gasteiger partial charge on any atom is 0.201 e. The van der Waals surface area contributed by atoms with E-state index in [9.17, 15) is 0 Å². The van der Waals surface area contributed by atoms with E-state index in [-0.39, 0.29) is 0 Å². The maximum atomic E-state index is 5.78. The zero-order valence-electron chi connectivity index (χ0n) is 14.7. The molecule has 0 amide bonds. The molecular weight excluding hydrogens is 378 g/mol. The molecule has 0 unspecified atom stereocenters. The Labute approximate surface area is 164 Å². The molecule has 5 rings (SSSR count). The highest BCUT2D eigenvalue weighted by Crippen LogP contribution is 2.40. The van der Waals surface area contributed by atoms with Crippen molar-refractivity contribution < 1.29 is 9.47 Å². The van der Waals surface area contributed by atoms with Gasteiger partial charge in [-0.1, -0.05) is 0 Å². The van der Waals surface area contributed by atoms with Gasteiger partial charge in [-0.2, -0.15) is 0 Å². The highest BCUT2D eigenvalue weighted by atomic mass is 32.1. The summed E-state index contributed by atoms with van der Waals surface area (Å²) >= 11 is 3.36. The molecule has 136 valence electrons. The van der Waals surface area contributed by atoms with Crippen LogP contribution in [0, 0.1) is 6.92 Å². The van der Waals surface area contributed by atoms with Crippen LogP contribution in [0.3, 0.4) is 0 Å². The second-order valence-electron chi connectivity index (χ2n) is 6.33. The molecule has 1 aliphatic rings. The lowest BCUT2D eigenvalue weighted by Gasteiger charge is -2.23. The number of hydrogen-bond donors (Lipinski definition) is 0. The summed E-state index contributed by atoms with van der Waals surface area (Å²) in [4.78, 5) is 15.0. The first-order chi connectivity index (χ1) is 13.3. The third-order valence-electron chi connectivity index (χ3n) is 4.46. The monoisotopic (exact) mass is 395 g/mol. The van der Waals surface area contributed by atoms with Crippen LogP contribution in [0.1, 0.15) is 24.1 Å². The largest absolute Gasteiger partial charge is 0.347 e. The Morgan fingerprint density at radius 2 is 2.04 bits per heavy atom. The predicted octanol–water partition coefficient (Wildman–Crippen LogP) is 5.23. The molecule has 1 fully saturated rings. The summed E-state index contributed by atoms with van der Waals surface area (Å²) in [7, 11) is 0. The van der Waals surface area contributed by atoms with Crippen LogP contribution in [0.4, 0.5) is 0 Å². The molecule has 0 aromatic carbocycles. The highest BCUT2D eigenvalue weighted by Gasteiger charge is 2.22. The van der Waals surface area contributed by atoms with Gasteiger partial charge in [-0.15, -0.1) is 22.7 Å². The number of thiophene rings is 1. The predicted molar refractivity (Wildman–Crippen MR) is 108 cm³/mol. The number of ether oxygens (including phenoxy) is 2. The van der Waals surface area contributed by atoms with E-state index in [2.05, 4.69) is 22.5 Å². The van der Waals surface area contributed by atoms with E-state index in [0.717, 1.165) is 44.3 Å². The number of aryl methyl sites for hydroxylation is 1. The van der Waals surface area contributed by atoms with Crippen LogP contribution >= 0.6 is 22.7 Å². The average molecular weight is 396 g/mol. The van der Waals surface area contributed by atoms with Crippen LogP contribution in [-0.2, 0) is 9.47 Å². The lowest BCUT2D eigenvalue weighted by atomic mass is 10.1. The number of thiazole rings is 1. The fraction of sp³-hybridized carbons (Fsp3) is 0.250. The number of pyridine rings is 2. The van der Waals surface area contributed by atoms with Crippen LogP contribution in [0.2, 0.25) is 0 Å². The minimum atomic E-state index is -0.393. The highest BCUT2D eigenvalue weighted by molar-refractivity contribution is 7.19. The van der Waals surface area contributed by atoms with Gasteiger partial charge in [0.2, 0.25) is 6.29 Å². The van der Waals surface area contributed by atoms with Gasteiger partial charge in [-0.3, -0.25) is 4.98 Å². The summed E-state index contributed by atoms with van der Waals surface area (Å²) in [6, 6.07) is 8.16. The van der Waals surface area contributed by atoms with Crippen molar-refractivity contribution in [2.45, 2.75) is 19.6 Å². The number of rotatable bonds is 3. The lowest BCUT2D eigenvalue weighted by molar-refractivity contribution is -0.184. The van der Waals surface area contributed by atoms with E-state index in [4.69, 9.17) is 19.4 Å². The normalized spacial score (nSPS) is 15.4. The Morgan fingerprint density at radius 3 is 2.85 bits per heavy atom. The Hall–Kier alpha value is -2.19. The first-order valence-corrected chi connectivity index (χ1v) is 10.5. The van der Waals surface area contributed by atoms with Gasteiger partial charge in [-0.25, -0.2) is 9.97 Å². The van der Waals surface area contributed by atoms with Crippen LogP contribution in [0.25, 0.3) is 31.2 Å². The molecule has 1 aliphatic heterocycles. The molecule has 0 bridgehead atoms. The smallest absolute Gasteiger partial charge is 0.201 e. The summed E-state index contributed by atoms with van der Waals surface area (Å²) in [5.74, 6) is 0. The number of hydrogen-bond acceptors (Lipinski definition) is 7. The van der Waals surface area contributed by atoms with Crippen molar-refractivity contribution in [2.75, 3.05) is 13.2 Å². The second kappa shape index (κ2) is 7.09. The van der Waals surface area contributed by atoms with Crippen molar-refractivity contribution in [3.8, 4) is 21.1 Å². The standard InChI is InChI=1S/C20H17N3O2S2/c1-12-18(27-19(22-12)13-4-2-6-21-11-13)17-14-5-9-26-16(14)10-15(23-17)20-24-7-3-8-25-20/h2,4-6,9-11,20H,3,7-8H2,1H3. The molecule has 0 saturated carbocycles. The summed E-state index contributed by atoms with van der Waals surface area (Å²) in [5.41, 5.74) is 3.78. The maximum absolute atomic E-state index is 5.78. The first-order valence-electron chi connectivity index (χ1n) is 8.79. The van der Waals surface area contributed by atoms with Crippen LogP contribution in [0.5, 0.6) is 0 Å². The SMILES string of the molecule is Cc1nc(-c2cccnc2)sc1-c1nc(C2OCCCO2)cc2sccc12. The summed E-state index contributed by atoms with van der Waals surface area (Å²) in [5, 5.41) is 4.20. The fourth-order valence-electron chi connectivity index (χ4n) is 3.17. The van der Waals surface area contributed by atoms with E-state index in [1.165, 1.54) is 4.70 Å². The van der Waals surface area contributed by atoms with Crippen molar-refractivity contribution in [1.29, 1.82) is 0 Å². The van der Waals surface area contributed by atoms with E-state index in [0.29, 0.717) is 13.2 Å². The molecule has 0 spiro atoms. The number of nitrogens with zero attached hydrogens (tertiary/aromatic N) is 3. The molecule has 5 heterocycles. The molecule has 4 aromatic rings. The van der Waals surface area contributed by atoms with Gasteiger partial charge in [0.1, 0.15) is 5.01 Å². The Balaban J connectivity index is 1.64.